The zero-order chi connectivity index (χ0) is 25.6. The number of carbonyl (C=O) groups excluding carboxylic acids is 1. The molecule has 5 rings (SSSR count). The maximum absolute atomic E-state index is 13.8. The van der Waals surface area contributed by atoms with Gasteiger partial charge in [0, 0.05) is 51.8 Å². The number of aromatic hydroxyl groups is 1. The standard InChI is InChI=1S/C26H17ClF4N2O3/c27-21-10-19(25(35)33-22-3-1-2-13-12-32-24(34)11-17(13)22)18(9-20(21)26(29,30)31)15-6-7-36-23-8-14(28)4-5-16(15)23/h1-5,8-12,15H,6-7H2,(H,32,34)(H,33,35). The summed E-state index contributed by atoms with van der Waals surface area (Å²) in [7, 11) is 0. The number of anilines is 1. The Bertz CT molecular complexity index is 1510. The number of aromatic nitrogens is 1. The second kappa shape index (κ2) is 8.98. The Kier molecular flexibility index (Phi) is 5.96. The number of halogens is 5. The van der Waals surface area contributed by atoms with E-state index in [4.69, 9.17) is 16.3 Å². The van der Waals surface area contributed by atoms with Crippen LogP contribution in [0.15, 0.2) is 60.8 Å². The van der Waals surface area contributed by atoms with Gasteiger partial charge in [-0.2, -0.15) is 13.2 Å². The molecule has 1 aliphatic rings. The number of amides is 1. The van der Waals surface area contributed by atoms with Crippen LogP contribution in [0.4, 0.5) is 23.2 Å². The van der Waals surface area contributed by atoms with Crippen molar-refractivity contribution in [3.8, 4) is 11.6 Å². The van der Waals surface area contributed by atoms with E-state index in [1.807, 2.05) is 0 Å². The lowest BCUT2D eigenvalue weighted by Gasteiger charge is -2.28. The number of carbonyl (C=O) groups is 1. The maximum atomic E-state index is 13.8. The van der Waals surface area contributed by atoms with E-state index in [1.54, 1.807) is 18.2 Å². The molecule has 4 aromatic rings. The van der Waals surface area contributed by atoms with Crippen molar-refractivity contribution in [2.75, 3.05) is 11.9 Å². The molecule has 0 radical (unpaired) electrons. The van der Waals surface area contributed by atoms with Gasteiger partial charge in [0.15, 0.2) is 0 Å². The zero-order valence-corrected chi connectivity index (χ0v) is 19.1. The highest BCUT2D eigenvalue weighted by molar-refractivity contribution is 6.32. The molecular weight excluding hydrogens is 500 g/mol. The molecule has 1 aliphatic heterocycles. The molecule has 5 nitrogen and oxygen atoms in total. The molecule has 36 heavy (non-hydrogen) atoms. The molecule has 0 saturated heterocycles. The Morgan fingerprint density at radius 1 is 1.11 bits per heavy atom. The van der Waals surface area contributed by atoms with Gasteiger partial charge in [0.25, 0.3) is 5.91 Å². The number of alkyl halides is 3. The normalized spacial score (nSPS) is 15.3. The highest BCUT2D eigenvalue weighted by Gasteiger charge is 2.37. The van der Waals surface area contributed by atoms with E-state index in [0.29, 0.717) is 22.0 Å². The number of hydrogen-bond acceptors (Lipinski definition) is 4. The van der Waals surface area contributed by atoms with Gasteiger partial charge in [-0.25, -0.2) is 9.37 Å². The number of nitrogens with zero attached hydrogens (tertiary/aromatic N) is 1. The summed E-state index contributed by atoms with van der Waals surface area (Å²) in [5, 5.41) is 13.0. The van der Waals surface area contributed by atoms with E-state index in [1.165, 1.54) is 30.5 Å². The molecule has 3 aromatic carbocycles. The second-order valence-corrected chi connectivity index (χ2v) is 8.72. The summed E-state index contributed by atoms with van der Waals surface area (Å²) >= 11 is 5.99. The van der Waals surface area contributed by atoms with Crippen LogP contribution in [0, 0.1) is 5.82 Å². The number of hydrogen-bond donors (Lipinski definition) is 2. The first-order valence-electron chi connectivity index (χ1n) is 10.8. The van der Waals surface area contributed by atoms with E-state index in [9.17, 15) is 27.5 Å². The summed E-state index contributed by atoms with van der Waals surface area (Å²) in [5.74, 6) is -1.96. The van der Waals surface area contributed by atoms with Gasteiger partial charge in [-0.05, 0) is 36.2 Å². The lowest BCUT2D eigenvalue weighted by Crippen LogP contribution is -2.22. The molecule has 0 saturated carbocycles. The Morgan fingerprint density at radius 3 is 2.69 bits per heavy atom. The van der Waals surface area contributed by atoms with Crippen LogP contribution in [0.1, 0.15) is 39.4 Å². The summed E-state index contributed by atoms with van der Waals surface area (Å²) in [6, 6.07) is 12.0. The zero-order valence-electron chi connectivity index (χ0n) is 18.4. The van der Waals surface area contributed by atoms with Crippen LogP contribution in [0.25, 0.3) is 10.8 Å². The molecule has 2 heterocycles. The van der Waals surface area contributed by atoms with Crippen molar-refractivity contribution in [2.24, 2.45) is 0 Å². The Morgan fingerprint density at radius 2 is 1.92 bits per heavy atom. The molecule has 184 valence electrons. The summed E-state index contributed by atoms with van der Waals surface area (Å²) in [6.07, 6.45) is -3.05. The van der Waals surface area contributed by atoms with E-state index in [0.717, 1.165) is 12.1 Å². The van der Waals surface area contributed by atoms with Gasteiger partial charge in [-0.1, -0.05) is 29.8 Å². The smallest absolute Gasteiger partial charge is 0.417 e. The Hall–Kier alpha value is -3.85. The molecule has 0 spiro atoms. The lowest BCUT2D eigenvalue weighted by atomic mass is 9.83. The fourth-order valence-electron chi connectivity index (χ4n) is 4.44. The minimum atomic E-state index is -4.75. The van der Waals surface area contributed by atoms with Crippen molar-refractivity contribution in [3.63, 3.8) is 0 Å². The van der Waals surface area contributed by atoms with Gasteiger partial charge in [0.1, 0.15) is 11.6 Å². The van der Waals surface area contributed by atoms with Crippen molar-refractivity contribution >= 4 is 34.0 Å². The molecule has 0 bridgehead atoms. The maximum Gasteiger partial charge on any atom is 0.417 e. The molecule has 0 fully saturated rings. The number of fused-ring (bicyclic) bond motifs is 2. The Labute approximate surface area is 207 Å². The van der Waals surface area contributed by atoms with Crippen LogP contribution in [-0.2, 0) is 6.18 Å². The van der Waals surface area contributed by atoms with Crippen molar-refractivity contribution in [2.45, 2.75) is 18.5 Å². The minimum Gasteiger partial charge on any atom is -0.493 e. The summed E-state index contributed by atoms with van der Waals surface area (Å²) in [5.41, 5.74) is -0.262. The van der Waals surface area contributed by atoms with Crippen LogP contribution < -0.4 is 10.1 Å². The topological polar surface area (TPSA) is 71.5 Å². The molecule has 1 amide bonds. The molecular formula is C26H17ClF4N2O3. The Balaban J connectivity index is 1.64. The molecule has 2 N–H and O–H groups in total. The third-order valence-electron chi connectivity index (χ3n) is 6.08. The third kappa shape index (κ3) is 4.42. The van der Waals surface area contributed by atoms with Crippen LogP contribution in [0.2, 0.25) is 5.02 Å². The van der Waals surface area contributed by atoms with Crippen LogP contribution in [0.3, 0.4) is 0 Å². The van der Waals surface area contributed by atoms with Crippen molar-refractivity contribution in [1.29, 1.82) is 0 Å². The van der Waals surface area contributed by atoms with Crippen LogP contribution in [0.5, 0.6) is 11.6 Å². The highest BCUT2D eigenvalue weighted by Crippen LogP contribution is 2.44. The number of benzene rings is 3. The van der Waals surface area contributed by atoms with Gasteiger partial charge < -0.3 is 15.2 Å². The monoisotopic (exact) mass is 516 g/mol. The molecule has 1 atom stereocenters. The summed E-state index contributed by atoms with van der Waals surface area (Å²) in [6.45, 7) is 0.127. The van der Waals surface area contributed by atoms with Gasteiger partial charge >= 0.3 is 6.18 Å². The molecule has 1 aromatic heterocycles. The van der Waals surface area contributed by atoms with Crippen LogP contribution in [-0.4, -0.2) is 22.6 Å². The first-order chi connectivity index (χ1) is 17.1. The fraction of sp³-hybridized carbons (Fsp3) is 0.154. The number of ether oxygens (including phenoxy) is 1. The number of pyridine rings is 1. The van der Waals surface area contributed by atoms with E-state index in [2.05, 4.69) is 10.3 Å². The predicted molar refractivity (Wildman–Crippen MR) is 126 cm³/mol. The molecule has 10 heteroatoms. The summed E-state index contributed by atoms with van der Waals surface area (Å²) in [4.78, 5) is 17.3. The number of rotatable bonds is 3. The van der Waals surface area contributed by atoms with Gasteiger partial charge in [-0.15, -0.1) is 0 Å². The molecule has 0 aliphatic carbocycles. The van der Waals surface area contributed by atoms with E-state index >= 15 is 0 Å². The molecule has 1 unspecified atom stereocenters. The lowest BCUT2D eigenvalue weighted by molar-refractivity contribution is -0.137. The van der Waals surface area contributed by atoms with Crippen molar-refractivity contribution < 1.29 is 32.2 Å². The number of nitrogens with one attached hydrogen (secondary N) is 1. The van der Waals surface area contributed by atoms with Crippen LogP contribution >= 0.6 is 11.6 Å². The summed E-state index contributed by atoms with van der Waals surface area (Å²) < 4.78 is 60.5. The minimum absolute atomic E-state index is 0.0644. The van der Waals surface area contributed by atoms with Gasteiger partial charge in [0.2, 0.25) is 5.88 Å². The largest absolute Gasteiger partial charge is 0.493 e. The first-order valence-corrected chi connectivity index (χ1v) is 11.2. The highest BCUT2D eigenvalue weighted by atomic mass is 35.5. The third-order valence-corrected chi connectivity index (χ3v) is 6.39. The average Bonchev–Trinajstić information content (AvgIpc) is 2.83. The van der Waals surface area contributed by atoms with E-state index in [-0.39, 0.29) is 35.8 Å². The van der Waals surface area contributed by atoms with Gasteiger partial charge in [0.05, 0.1) is 17.2 Å². The SMILES string of the molecule is O=C(Nc1cccc2cnc(O)cc12)c1cc(Cl)c(C(F)(F)F)cc1C1CCOc2cc(F)ccc21. The van der Waals surface area contributed by atoms with E-state index < -0.39 is 34.4 Å². The first kappa shape index (κ1) is 23.9. The van der Waals surface area contributed by atoms with Crippen molar-refractivity contribution in [3.05, 3.63) is 93.9 Å². The second-order valence-electron chi connectivity index (χ2n) is 8.31. The fourth-order valence-corrected chi connectivity index (χ4v) is 4.71. The average molecular weight is 517 g/mol. The quantitative estimate of drug-likeness (QED) is 0.290. The predicted octanol–water partition coefficient (Wildman–Crippen LogP) is 6.92. The van der Waals surface area contributed by atoms with Gasteiger partial charge in [-0.3, -0.25) is 4.79 Å². The van der Waals surface area contributed by atoms with Crippen molar-refractivity contribution in [1.82, 2.24) is 4.98 Å².